The Labute approximate surface area is 118 Å². The van der Waals surface area contributed by atoms with Crippen molar-refractivity contribution in [2.75, 3.05) is 0 Å². The topological polar surface area (TPSA) is 66.4 Å². The lowest BCUT2D eigenvalue weighted by atomic mass is 10.1. The Kier molecular flexibility index (Phi) is 4.47. The average molecular weight is 293 g/mol. The molecular weight excluding hydrogens is 281 g/mol. The highest BCUT2D eigenvalue weighted by Crippen LogP contribution is 2.26. The smallest absolute Gasteiger partial charge is 0.312 e. The van der Waals surface area contributed by atoms with Crippen molar-refractivity contribution in [3.05, 3.63) is 58.0 Å². The zero-order valence-electron chi connectivity index (χ0n) is 10.4. The number of amides is 1. The van der Waals surface area contributed by atoms with Crippen molar-refractivity contribution >= 4 is 23.2 Å². The minimum atomic E-state index is -1.19. The molecule has 0 saturated carbocycles. The van der Waals surface area contributed by atoms with E-state index in [1.54, 1.807) is 12.1 Å². The van der Waals surface area contributed by atoms with E-state index >= 15 is 0 Å². The minimum Gasteiger partial charge on any atom is -0.481 e. The number of hydrogen-bond donors (Lipinski definition) is 2. The third-order valence-corrected chi connectivity index (χ3v) is 3.59. The van der Waals surface area contributed by atoms with E-state index < -0.39 is 24.3 Å². The molecule has 0 aliphatic carbocycles. The molecule has 0 bridgehead atoms. The second-order valence-electron chi connectivity index (χ2n) is 4.14. The highest BCUT2D eigenvalue weighted by molar-refractivity contribution is 7.10. The first-order valence-corrected chi connectivity index (χ1v) is 6.74. The fraction of sp³-hybridized carbons (Fsp3) is 0.143. The largest absolute Gasteiger partial charge is 0.481 e. The Morgan fingerprint density at radius 1 is 1.25 bits per heavy atom. The van der Waals surface area contributed by atoms with Gasteiger partial charge in [0.25, 0.3) is 0 Å². The summed E-state index contributed by atoms with van der Waals surface area (Å²) in [5.74, 6) is -2.14. The summed E-state index contributed by atoms with van der Waals surface area (Å²) < 4.78 is 13.0. The Hall–Kier alpha value is -2.21. The SMILES string of the molecule is O=C(O)CC(=O)NC(c1ccc(F)cc1)c1cccs1. The number of hydrogen-bond acceptors (Lipinski definition) is 3. The first-order valence-electron chi connectivity index (χ1n) is 5.86. The predicted octanol–water partition coefficient (Wildman–Crippen LogP) is 2.57. The highest BCUT2D eigenvalue weighted by Gasteiger charge is 2.19. The van der Waals surface area contributed by atoms with Crippen LogP contribution in [0.15, 0.2) is 41.8 Å². The number of carboxylic acids is 1. The average Bonchev–Trinajstić information content (AvgIpc) is 2.90. The van der Waals surface area contributed by atoms with Crippen LogP contribution in [0, 0.1) is 5.82 Å². The number of aliphatic carboxylic acids is 1. The lowest BCUT2D eigenvalue weighted by Crippen LogP contribution is -2.30. The van der Waals surface area contributed by atoms with Gasteiger partial charge in [0.05, 0.1) is 6.04 Å². The number of thiophene rings is 1. The third kappa shape index (κ3) is 3.64. The van der Waals surface area contributed by atoms with Crippen LogP contribution in [0.4, 0.5) is 4.39 Å². The molecule has 1 aromatic heterocycles. The molecule has 1 atom stereocenters. The second kappa shape index (κ2) is 6.29. The summed E-state index contributed by atoms with van der Waals surface area (Å²) in [4.78, 5) is 23.0. The lowest BCUT2D eigenvalue weighted by molar-refractivity contribution is -0.140. The van der Waals surface area contributed by atoms with Crippen LogP contribution in [0.3, 0.4) is 0 Å². The van der Waals surface area contributed by atoms with E-state index in [4.69, 9.17) is 5.11 Å². The molecule has 0 saturated heterocycles. The number of benzene rings is 1. The van der Waals surface area contributed by atoms with Gasteiger partial charge in [0.2, 0.25) is 5.91 Å². The van der Waals surface area contributed by atoms with Crippen LogP contribution in [0.25, 0.3) is 0 Å². The van der Waals surface area contributed by atoms with Crippen molar-refractivity contribution in [1.29, 1.82) is 0 Å². The van der Waals surface area contributed by atoms with Crippen LogP contribution in [-0.2, 0) is 9.59 Å². The summed E-state index contributed by atoms with van der Waals surface area (Å²) in [6, 6.07) is 8.95. The van der Waals surface area contributed by atoms with E-state index in [0.29, 0.717) is 5.56 Å². The summed E-state index contributed by atoms with van der Waals surface area (Å²) in [6.07, 6.45) is -0.594. The molecule has 1 amide bonds. The van der Waals surface area contributed by atoms with Crippen LogP contribution < -0.4 is 5.32 Å². The van der Waals surface area contributed by atoms with Gasteiger partial charge in [-0.3, -0.25) is 9.59 Å². The summed E-state index contributed by atoms with van der Waals surface area (Å²) >= 11 is 1.44. The van der Waals surface area contributed by atoms with Gasteiger partial charge in [-0.2, -0.15) is 0 Å². The lowest BCUT2D eigenvalue weighted by Gasteiger charge is -2.17. The molecule has 1 unspecified atom stereocenters. The van der Waals surface area contributed by atoms with Crippen molar-refractivity contribution in [2.45, 2.75) is 12.5 Å². The maximum absolute atomic E-state index is 13.0. The quantitative estimate of drug-likeness (QED) is 0.833. The van der Waals surface area contributed by atoms with E-state index in [1.807, 2.05) is 17.5 Å². The summed E-state index contributed by atoms with van der Waals surface area (Å²) in [6.45, 7) is 0. The van der Waals surface area contributed by atoms with Crippen molar-refractivity contribution < 1.29 is 19.1 Å². The first kappa shape index (κ1) is 14.2. The third-order valence-electron chi connectivity index (χ3n) is 2.65. The van der Waals surface area contributed by atoms with Gasteiger partial charge in [-0.1, -0.05) is 18.2 Å². The summed E-state index contributed by atoms with van der Waals surface area (Å²) in [7, 11) is 0. The second-order valence-corrected chi connectivity index (χ2v) is 5.12. The van der Waals surface area contributed by atoms with Gasteiger partial charge in [-0.05, 0) is 29.1 Å². The Balaban J connectivity index is 2.24. The van der Waals surface area contributed by atoms with Crippen molar-refractivity contribution in [1.82, 2.24) is 5.32 Å². The number of carbonyl (C=O) groups excluding carboxylic acids is 1. The van der Waals surface area contributed by atoms with Crippen LogP contribution in [-0.4, -0.2) is 17.0 Å². The molecule has 2 N–H and O–H groups in total. The van der Waals surface area contributed by atoms with Gasteiger partial charge in [-0.15, -0.1) is 11.3 Å². The van der Waals surface area contributed by atoms with E-state index in [1.165, 1.54) is 23.5 Å². The molecule has 0 radical (unpaired) electrons. The molecule has 6 heteroatoms. The number of carboxylic acid groups (broad SMARTS) is 1. The summed E-state index contributed by atoms with van der Waals surface area (Å²) in [5.41, 5.74) is 0.701. The van der Waals surface area contributed by atoms with E-state index in [0.717, 1.165) is 4.88 Å². The molecule has 20 heavy (non-hydrogen) atoms. The zero-order chi connectivity index (χ0) is 14.5. The Morgan fingerprint density at radius 3 is 2.50 bits per heavy atom. The standard InChI is InChI=1S/C14H12FNO3S/c15-10-5-3-9(4-6-10)14(11-2-1-7-20-11)16-12(17)8-13(18)19/h1-7,14H,8H2,(H,16,17)(H,18,19). The molecule has 1 heterocycles. The number of carbonyl (C=O) groups is 2. The van der Waals surface area contributed by atoms with Gasteiger partial charge >= 0.3 is 5.97 Å². The maximum Gasteiger partial charge on any atom is 0.312 e. The molecular formula is C14H12FNO3S. The highest BCUT2D eigenvalue weighted by atomic mass is 32.1. The van der Waals surface area contributed by atoms with Gasteiger partial charge < -0.3 is 10.4 Å². The number of nitrogens with one attached hydrogen (secondary N) is 1. The Morgan fingerprint density at radius 2 is 1.95 bits per heavy atom. The van der Waals surface area contributed by atoms with E-state index in [2.05, 4.69) is 5.32 Å². The summed E-state index contributed by atoms with van der Waals surface area (Å²) in [5, 5.41) is 13.1. The molecule has 0 spiro atoms. The number of halogens is 1. The van der Waals surface area contributed by atoms with Crippen LogP contribution in [0.2, 0.25) is 0 Å². The molecule has 0 aliphatic heterocycles. The van der Waals surface area contributed by atoms with Gasteiger partial charge in [-0.25, -0.2) is 4.39 Å². The van der Waals surface area contributed by atoms with Gasteiger partial charge in [0.15, 0.2) is 0 Å². The van der Waals surface area contributed by atoms with E-state index in [-0.39, 0.29) is 5.82 Å². The maximum atomic E-state index is 13.0. The molecule has 0 aliphatic rings. The molecule has 4 nitrogen and oxygen atoms in total. The number of rotatable bonds is 5. The first-order chi connectivity index (χ1) is 9.56. The molecule has 104 valence electrons. The fourth-order valence-corrected chi connectivity index (χ4v) is 2.58. The Bertz CT molecular complexity index is 595. The monoisotopic (exact) mass is 293 g/mol. The molecule has 2 rings (SSSR count). The van der Waals surface area contributed by atoms with Gasteiger partial charge in [0.1, 0.15) is 12.2 Å². The van der Waals surface area contributed by atoms with Crippen molar-refractivity contribution in [2.24, 2.45) is 0 Å². The van der Waals surface area contributed by atoms with E-state index in [9.17, 15) is 14.0 Å². The molecule has 0 fully saturated rings. The zero-order valence-corrected chi connectivity index (χ0v) is 11.2. The van der Waals surface area contributed by atoms with Crippen LogP contribution in [0.5, 0.6) is 0 Å². The van der Waals surface area contributed by atoms with Crippen molar-refractivity contribution in [3.63, 3.8) is 0 Å². The fourth-order valence-electron chi connectivity index (χ4n) is 1.78. The normalized spacial score (nSPS) is 11.8. The van der Waals surface area contributed by atoms with Crippen LogP contribution >= 0.6 is 11.3 Å². The van der Waals surface area contributed by atoms with Crippen LogP contribution in [0.1, 0.15) is 22.9 Å². The van der Waals surface area contributed by atoms with Crippen molar-refractivity contribution in [3.8, 4) is 0 Å². The van der Waals surface area contributed by atoms with Gasteiger partial charge in [0, 0.05) is 4.88 Å². The molecule has 1 aromatic carbocycles. The predicted molar refractivity (Wildman–Crippen MR) is 73.0 cm³/mol. The molecule has 2 aromatic rings. The minimum absolute atomic E-state index is 0.365.